The van der Waals surface area contributed by atoms with E-state index < -0.39 is 0 Å². The fraction of sp³-hybridized carbons (Fsp3) is 0.333. The van der Waals surface area contributed by atoms with Gasteiger partial charge in [-0.05, 0) is 73.2 Å². The molecule has 40 heavy (non-hydrogen) atoms. The van der Waals surface area contributed by atoms with Gasteiger partial charge in [-0.15, -0.1) is 0 Å². The molecule has 2 aliphatic rings. The summed E-state index contributed by atoms with van der Waals surface area (Å²) in [4.78, 5) is 19.8. The van der Waals surface area contributed by atoms with E-state index in [1.54, 1.807) is 6.07 Å². The van der Waals surface area contributed by atoms with Crippen LogP contribution in [-0.2, 0) is 35.7 Å². The lowest BCUT2D eigenvalue weighted by Gasteiger charge is -2.33. The number of amides is 1. The Bertz CT molecular complexity index is 1520. The summed E-state index contributed by atoms with van der Waals surface area (Å²) >= 11 is 0. The zero-order chi connectivity index (χ0) is 27.5. The van der Waals surface area contributed by atoms with Crippen molar-refractivity contribution < 1.29 is 23.4 Å². The van der Waals surface area contributed by atoms with Crippen molar-refractivity contribution >= 4 is 16.8 Å². The van der Waals surface area contributed by atoms with Crippen molar-refractivity contribution in [3.05, 3.63) is 100 Å². The first-order valence-electron chi connectivity index (χ1n) is 13.9. The highest BCUT2D eigenvalue weighted by Gasteiger charge is 2.29. The van der Waals surface area contributed by atoms with Gasteiger partial charge in [-0.1, -0.05) is 36.4 Å². The van der Waals surface area contributed by atoms with E-state index in [-0.39, 0.29) is 24.2 Å². The van der Waals surface area contributed by atoms with Crippen molar-refractivity contribution in [3.63, 3.8) is 0 Å². The summed E-state index contributed by atoms with van der Waals surface area (Å²) in [7, 11) is 0. The van der Waals surface area contributed by atoms with Gasteiger partial charge in [0.2, 0.25) is 5.91 Å². The molecule has 1 amide bonds. The van der Waals surface area contributed by atoms with E-state index in [9.17, 15) is 9.18 Å². The molecule has 6 nitrogen and oxygen atoms in total. The molecule has 0 saturated carbocycles. The normalized spacial score (nSPS) is 15.6. The minimum Gasteiger partial charge on any atom is -0.488 e. The quantitative estimate of drug-likeness (QED) is 0.281. The summed E-state index contributed by atoms with van der Waals surface area (Å²) in [5.74, 6) is 1.37. The predicted molar refractivity (Wildman–Crippen MR) is 151 cm³/mol. The Morgan fingerprint density at radius 3 is 2.65 bits per heavy atom. The molecule has 7 heteroatoms. The van der Waals surface area contributed by atoms with Gasteiger partial charge in [-0.2, -0.15) is 0 Å². The van der Waals surface area contributed by atoms with Crippen LogP contribution in [0.2, 0.25) is 0 Å². The van der Waals surface area contributed by atoms with Gasteiger partial charge in [0.25, 0.3) is 0 Å². The molecule has 0 N–H and O–H groups in total. The zero-order valence-corrected chi connectivity index (χ0v) is 22.7. The van der Waals surface area contributed by atoms with Gasteiger partial charge >= 0.3 is 0 Å². The van der Waals surface area contributed by atoms with Crippen molar-refractivity contribution in [1.82, 2.24) is 9.88 Å². The summed E-state index contributed by atoms with van der Waals surface area (Å²) in [5, 5.41) is 0.644. The Morgan fingerprint density at radius 2 is 1.82 bits per heavy atom. The highest BCUT2D eigenvalue weighted by Crippen LogP contribution is 2.33. The van der Waals surface area contributed by atoms with Crippen molar-refractivity contribution in [3.8, 4) is 11.5 Å². The second kappa shape index (κ2) is 11.6. The summed E-state index contributed by atoms with van der Waals surface area (Å²) in [6.45, 7) is 5.26. The monoisotopic (exact) mass is 540 g/mol. The van der Waals surface area contributed by atoms with E-state index in [1.165, 1.54) is 17.7 Å². The second-order valence-electron chi connectivity index (χ2n) is 10.6. The highest BCUT2D eigenvalue weighted by atomic mass is 19.1. The molecule has 0 spiro atoms. The average molecular weight is 541 g/mol. The van der Waals surface area contributed by atoms with Crippen LogP contribution in [0.5, 0.6) is 11.5 Å². The smallest absolute Gasteiger partial charge is 0.226 e. The molecule has 2 aliphatic heterocycles. The van der Waals surface area contributed by atoms with E-state index in [0.29, 0.717) is 43.0 Å². The second-order valence-corrected chi connectivity index (χ2v) is 10.6. The van der Waals surface area contributed by atoms with Gasteiger partial charge in [-0.3, -0.25) is 4.79 Å². The summed E-state index contributed by atoms with van der Waals surface area (Å²) in [6, 6.07) is 20.6. The molecule has 1 fully saturated rings. The van der Waals surface area contributed by atoms with Gasteiger partial charge < -0.3 is 19.1 Å². The van der Waals surface area contributed by atoms with Crippen LogP contribution in [0.1, 0.15) is 40.8 Å². The summed E-state index contributed by atoms with van der Waals surface area (Å²) in [6.07, 6.45) is 2.42. The van der Waals surface area contributed by atoms with Crippen LogP contribution in [-0.4, -0.2) is 35.5 Å². The lowest BCUT2D eigenvalue weighted by Crippen LogP contribution is -2.41. The van der Waals surface area contributed by atoms with Gasteiger partial charge in [0, 0.05) is 43.2 Å². The van der Waals surface area contributed by atoms with Crippen molar-refractivity contribution in [1.29, 1.82) is 0 Å². The largest absolute Gasteiger partial charge is 0.488 e. The number of hydrogen-bond acceptors (Lipinski definition) is 5. The topological polar surface area (TPSA) is 60.9 Å². The molecule has 0 radical (unpaired) electrons. The Labute approximate surface area is 233 Å². The van der Waals surface area contributed by atoms with Gasteiger partial charge in [0.1, 0.15) is 30.5 Å². The number of pyridine rings is 1. The molecular formula is C33H33FN2O4. The zero-order valence-electron chi connectivity index (χ0n) is 22.7. The number of hydrogen-bond donors (Lipinski definition) is 0. The van der Waals surface area contributed by atoms with E-state index in [2.05, 4.69) is 12.1 Å². The molecule has 0 bridgehead atoms. The van der Waals surface area contributed by atoms with Crippen molar-refractivity contribution in [2.45, 2.75) is 45.9 Å². The summed E-state index contributed by atoms with van der Waals surface area (Å²) < 4.78 is 32.0. The van der Waals surface area contributed by atoms with Crippen LogP contribution in [0.25, 0.3) is 10.9 Å². The van der Waals surface area contributed by atoms with Gasteiger partial charge in [-0.25, -0.2) is 9.37 Å². The van der Waals surface area contributed by atoms with Crippen molar-refractivity contribution in [2.24, 2.45) is 5.92 Å². The minimum atomic E-state index is -0.329. The number of aromatic nitrogens is 1. The molecule has 1 aromatic heterocycles. The number of ether oxygens (including phenoxy) is 3. The molecule has 3 heterocycles. The maximum absolute atomic E-state index is 14.1. The molecular weight excluding hydrogens is 507 g/mol. The maximum atomic E-state index is 14.1. The first kappa shape index (κ1) is 26.3. The van der Waals surface area contributed by atoms with Crippen molar-refractivity contribution in [2.75, 3.05) is 19.8 Å². The predicted octanol–water partition coefficient (Wildman–Crippen LogP) is 6.15. The molecule has 1 saturated heterocycles. The van der Waals surface area contributed by atoms with E-state index in [0.717, 1.165) is 53.9 Å². The van der Waals surface area contributed by atoms with Crippen LogP contribution < -0.4 is 9.47 Å². The summed E-state index contributed by atoms with van der Waals surface area (Å²) in [5.41, 5.74) is 5.63. The number of halogens is 1. The molecule has 0 unspecified atom stereocenters. The SMILES string of the molecule is Cc1c(COc2ccc3c(c2)CCN(C(=O)C2CCOCC2)C3)nc2ccc(F)cc2c1OCc1ccccc1. The van der Waals surface area contributed by atoms with Gasteiger partial charge in [0.05, 0.1) is 11.2 Å². The average Bonchev–Trinajstić information content (AvgIpc) is 3.00. The molecule has 6 rings (SSSR count). The number of benzene rings is 3. The highest BCUT2D eigenvalue weighted by molar-refractivity contribution is 5.87. The number of carbonyl (C=O) groups excluding carboxylic acids is 1. The molecule has 206 valence electrons. The van der Waals surface area contributed by atoms with Crippen LogP contribution in [0, 0.1) is 18.7 Å². The number of carbonyl (C=O) groups is 1. The fourth-order valence-corrected chi connectivity index (χ4v) is 5.57. The fourth-order valence-electron chi connectivity index (χ4n) is 5.57. The lowest BCUT2D eigenvalue weighted by molar-refractivity contribution is -0.139. The van der Waals surface area contributed by atoms with Crippen LogP contribution in [0.15, 0.2) is 66.7 Å². The van der Waals surface area contributed by atoms with E-state index >= 15 is 0 Å². The van der Waals surface area contributed by atoms with E-state index in [1.807, 2.05) is 48.2 Å². The third-order valence-electron chi connectivity index (χ3n) is 7.91. The van der Waals surface area contributed by atoms with Crippen LogP contribution in [0.3, 0.4) is 0 Å². The number of rotatable bonds is 7. The molecule has 3 aromatic carbocycles. The minimum absolute atomic E-state index is 0.0775. The first-order valence-corrected chi connectivity index (χ1v) is 13.9. The Balaban J connectivity index is 1.17. The lowest BCUT2D eigenvalue weighted by atomic mass is 9.95. The molecule has 0 atom stereocenters. The maximum Gasteiger partial charge on any atom is 0.226 e. The standard InChI is InChI=1S/C33H33FN2O4/c1-22-31(35-30-10-8-27(34)18-29(30)32(22)40-20-23-5-3-2-4-6-23)21-39-28-9-7-26-19-36(14-11-25(26)17-28)33(37)24-12-15-38-16-13-24/h2-10,17-18,24H,11-16,19-21H2,1H3. The third kappa shape index (κ3) is 5.65. The van der Waals surface area contributed by atoms with Crippen LogP contribution >= 0.6 is 0 Å². The van der Waals surface area contributed by atoms with Gasteiger partial charge in [0.15, 0.2) is 0 Å². The molecule has 4 aromatic rings. The number of nitrogens with zero attached hydrogens (tertiary/aromatic N) is 2. The first-order chi connectivity index (χ1) is 19.5. The number of fused-ring (bicyclic) bond motifs is 2. The Morgan fingerprint density at radius 1 is 1.00 bits per heavy atom. The van der Waals surface area contributed by atoms with E-state index in [4.69, 9.17) is 19.2 Å². The van der Waals surface area contributed by atoms with Crippen LogP contribution in [0.4, 0.5) is 4.39 Å². The molecule has 0 aliphatic carbocycles. The third-order valence-corrected chi connectivity index (χ3v) is 7.91. The Hall–Kier alpha value is -3.97. The Kier molecular flexibility index (Phi) is 7.64.